The van der Waals surface area contributed by atoms with E-state index in [2.05, 4.69) is 10.0 Å². The second-order valence-corrected chi connectivity index (χ2v) is 6.49. The summed E-state index contributed by atoms with van der Waals surface area (Å²) in [6, 6.07) is 0. The molecule has 2 N–H and O–H groups in total. The Hall–Kier alpha value is -0.130. The van der Waals surface area contributed by atoms with Crippen molar-refractivity contribution < 1.29 is 8.42 Å². The fraction of sp³-hybridized carbons (Fsp3) is 1.00. The van der Waals surface area contributed by atoms with Crippen molar-refractivity contribution >= 4 is 10.0 Å². The summed E-state index contributed by atoms with van der Waals surface area (Å²) in [4.78, 5) is 0. The van der Waals surface area contributed by atoms with E-state index in [0.717, 1.165) is 25.7 Å². The monoisotopic (exact) mass is 234 g/mol. The fourth-order valence-corrected chi connectivity index (χ4v) is 3.63. The summed E-state index contributed by atoms with van der Waals surface area (Å²) in [5.74, 6) is 0.166. The van der Waals surface area contributed by atoms with E-state index in [0.29, 0.717) is 6.54 Å². The molecule has 1 aliphatic rings. The van der Waals surface area contributed by atoms with Gasteiger partial charge in [-0.1, -0.05) is 19.3 Å². The van der Waals surface area contributed by atoms with Crippen LogP contribution in [0.5, 0.6) is 0 Å². The third-order valence-electron chi connectivity index (χ3n) is 2.98. The van der Waals surface area contributed by atoms with Gasteiger partial charge in [-0.25, -0.2) is 13.1 Å². The Morgan fingerprint density at radius 1 is 1.20 bits per heavy atom. The molecular weight excluding hydrogens is 212 g/mol. The molecule has 0 radical (unpaired) electrons. The average Bonchev–Trinajstić information content (AvgIpc) is 2.14. The zero-order valence-corrected chi connectivity index (χ0v) is 10.5. The molecule has 0 saturated heterocycles. The first-order valence-electron chi connectivity index (χ1n) is 5.64. The second kappa shape index (κ2) is 5.27. The lowest BCUT2D eigenvalue weighted by atomic mass is 9.84. The maximum Gasteiger partial charge on any atom is 0.213 e. The molecule has 1 fully saturated rings. The molecule has 1 saturated carbocycles. The highest BCUT2D eigenvalue weighted by molar-refractivity contribution is 7.89. The van der Waals surface area contributed by atoms with E-state index < -0.39 is 10.0 Å². The van der Waals surface area contributed by atoms with Crippen LogP contribution in [0.1, 0.15) is 39.0 Å². The van der Waals surface area contributed by atoms with Gasteiger partial charge in [0.05, 0.1) is 5.75 Å². The molecule has 0 unspecified atom stereocenters. The van der Waals surface area contributed by atoms with Gasteiger partial charge in [0.15, 0.2) is 0 Å². The first kappa shape index (κ1) is 12.9. The Morgan fingerprint density at radius 3 is 2.33 bits per heavy atom. The standard InChI is InChI=1S/C10H22N2O2S/c1-10(6-4-3-5-7-10)12-15(13,14)9-8-11-2/h11-12H,3-9H2,1-2H3. The lowest BCUT2D eigenvalue weighted by Crippen LogP contribution is -2.48. The number of hydrogen-bond acceptors (Lipinski definition) is 3. The van der Waals surface area contributed by atoms with Gasteiger partial charge in [0.2, 0.25) is 10.0 Å². The van der Waals surface area contributed by atoms with E-state index in [1.54, 1.807) is 7.05 Å². The molecule has 15 heavy (non-hydrogen) atoms. The number of nitrogens with one attached hydrogen (secondary N) is 2. The number of sulfonamides is 1. The Morgan fingerprint density at radius 2 is 1.80 bits per heavy atom. The highest BCUT2D eigenvalue weighted by atomic mass is 32.2. The molecular formula is C10H22N2O2S. The Kier molecular flexibility index (Phi) is 4.55. The minimum Gasteiger partial charge on any atom is -0.319 e. The fourth-order valence-electron chi connectivity index (χ4n) is 2.10. The number of hydrogen-bond donors (Lipinski definition) is 2. The van der Waals surface area contributed by atoms with E-state index in [1.165, 1.54) is 6.42 Å². The summed E-state index contributed by atoms with van der Waals surface area (Å²) in [5, 5.41) is 2.85. The summed E-state index contributed by atoms with van der Waals surface area (Å²) < 4.78 is 26.3. The molecule has 0 aromatic rings. The highest BCUT2D eigenvalue weighted by Crippen LogP contribution is 2.28. The molecule has 0 aromatic heterocycles. The topological polar surface area (TPSA) is 58.2 Å². The maximum atomic E-state index is 11.7. The van der Waals surface area contributed by atoms with Crippen LogP contribution in [-0.2, 0) is 10.0 Å². The molecule has 0 spiro atoms. The van der Waals surface area contributed by atoms with Crippen LogP contribution >= 0.6 is 0 Å². The van der Waals surface area contributed by atoms with Gasteiger partial charge < -0.3 is 5.32 Å². The molecule has 0 bridgehead atoms. The predicted octanol–water partition coefficient (Wildman–Crippen LogP) is 0.848. The molecule has 5 heteroatoms. The molecule has 1 aliphatic carbocycles. The van der Waals surface area contributed by atoms with Crippen molar-refractivity contribution in [2.75, 3.05) is 19.3 Å². The minimum atomic E-state index is -3.11. The molecule has 4 nitrogen and oxygen atoms in total. The van der Waals surface area contributed by atoms with E-state index in [9.17, 15) is 8.42 Å². The first-order chi connectivity index (χ1) is 6.97. The summed E-state index contributed by atoms with van der Waals surface area (Å²) in [6.45, 7) is 2.52. The van der Waals surface area contributed by atoms with Gasteiger partial charge in [-0.15, -0.1) is 0 Å². The van der Waals surface area contributed by atoms with Crippen LogP contribution in [0.4, 0.5) is 0 Å². The normalized spacial score (nSPS) is 21.5. The van der Waals surface area contributed by atoms with Crippen molar-refractivity contribution in [1.29, 1.82) is 0 Å². The molecule has 0 aliphatic heterocycles. The van der Waals surface area contributed by atoms with Crippen LogP contribution in [0, 0.1) is 0 Å². The van der Waals surface area contributed by atoms with Crippen LogP contribution in [0.2, 0.25) is 0 Å². The molecule has 0 aromatic carbocycles. The van der Waals surface area contributed by atoms with Gasteiger partial charge in [0.25, 0.3) is 0 Å². The van der Waals surface area contributed by atoms with Gasteiger partial charge in [0, 0.05) is 12.1 Å². The van der Waals surface area contributed by atoms with Crippen LogP contribution in [-0.4, -0.2) is 33.3 Å². The smallest absolute Gasteiger partial charge is 0.213 e. The quantitative estimate of drug-likeness (QED) is 0.741. The first-order valence-corrected chi connectivity index (χ1v) is 7.29. The minimum absolute atomic E-state index is 0.166. The Balaban J connectivity index is 2.51. The third kappa shape index (κ3) is 4.49. The Labute approximate surface area is 92.9 Å². The van der Waals surface area contributed by atoms with Crippen molar-refractivity contribution in [3.8, 4) is 0 Å². The van der Waals surface area contributed by atoms with Gasteiger partial charge in [-0.05, 0) is 26.8 Å². The highest BCUT2D eigenvalue weighted by Gasteiger charge is 2.30. The van der Waals surface area contributed by atoms with Crippen molar-refractivity contribution in [3.05, 3.63) is 0 Å². The summed E-state index contributed by atoms with van der Waals surface area (Å²) in [5.41, 5.74) is -0.204. The van der Waals surface area contributed by atoms with Gasteiger partial charge in [0.1, 0.15) is 0 Å². The largest absolute Gasteiger partial charge is 0.319 e. The average molecular weight is 234 g/mol. The SMILES string of the molecule is CNCCS(=O)(=O)NC1(C)CCCCC1. The van der Waals surface area contributed by atoms with Crippen molar-refractivity contribution in [2.45, 2.75) is 44.6 Å². The van der Waals surface area contributed by atoms with Crippen LogP contribution < -0.4 is 10.0 Å². The molecule has 0 heterocycles. The van der Waals surface area contributed by atoms with E-state index >= 15 is 0 Å². The third-order valence-corrected chi connectivity index (χ3v) is 4.53. The molecule has 0 atom stereocenters. The van der Waals surface area contributed by atoms with Gasteiger partial charge in [-0.3, -0.25) is 0 Å². The van der Waals surface area contributed by atoms with Crippen molar-refractivity contribution in [1.82, 2.24) is 10.0 Å². The van der Waals surface area contributed by atoms with E-state index in [1.807, 2.05) is 6.92 Å². The van der Waals surface area contributed by atoms with E-state index in [-0.39, 0.29) is 11.3 Å². The second-order valence-electron chi connectivity index (χ2n) is 4.65. The summed E-state index contributed by atoms with van der Waals surface area (Å²) in [7, 11) is -1.35. The maximum absolute atomic E-state index is 11.7. The van der Waals surface area contributed by atoms with Crippen LogP contribution in [0.3, 0.4) is 0 Å². The molecule has 90 valence electrons. The predicted molar refractivity (Wildman–Crippen MR) is 62.3 cm³/mol. The van der Waals surface area contributed by atoms with Crippen LogP contribution in [0.25, 0.3) is 0 Å². The van der Waals surface area contributed by atoms with Gasteiger partial charge in [-0.2, -0.15) is 0 Å². The lowest BCUT2D eigenvalue weighted by Gasteiger charge is -2.34. The Bertz CT molecular complexity index is 282. The number of rotatable bonds is 5. The van der Waals surface area contributed by atoms with Gasteiger partial charge >= 0.3 is 0 Å². The molecule has 1 rings (SSSR count). The zero-order valence-electron chi connectivity index (χ0n) is 9.67. The summed E-state index contributed by atoms with van der Waals surface area (Å²) >= 11 is 0. The van der Waals surface area contributed by atoms with Crippen molar-refractivity contribution in [2.24, 2.45) is 0 Å². The lowest BCUT2D eigenvalue weighted by molar-refractivity contribution is 0.294. The summed E-state index contributed by atoms with van der Waals surface area (Å²) in [6.07, 6.45) is 5.42. The van der Waals surface area contributed by atoms with Crippen LogP contribution in [0.15, 0.2) is 0 Å². The molecule has 0 amide bonds. The van der Waals surface area contributed by atoms with Crippen molar-refractivity contribution in [3.63, 3.8) is 0 Å². The zero-order chi connectivity index (χ0) is 11.4. The van der Waals surface area contributed by atoms with E-state index in [4.69, 9.17) is 0 Å².